The van der Waals surface area contributed by atoms with Gasteiger partial charge in [-0.1, -0.05) is 19.9 Å². The number of hydrogen-bond acceptors (Lipinski definition) is 2. The monoisotopic (exact) mass is 300 g/mol. The van der Waals surface area contributed by atoms with E-state index < -0.39 is 5.97 Å². The van der Waals surface area contributed by atoms with E-state index in [4.69, 9.17) is 9.84 Å². The first-order valence-corrected chi connectivity index (χ1v) is 6.17. The lowest BCUT2D eigenvalue weighted by Crippen LogP contribution is -2.19. The van der Waals surface area contributed by atoms with Crippen LogP contribution in [-0.4, -0.2) is 18.2 Å². The van der Waals surface area contributed by atoms with E-state index in [0.29, 0.717) is 0 Å². The van der Waals surface area contributed by atoms with Crippen LogP contribution in [0.5, 0.6) is 5.75 Å². The first-order valence-electron chi connectivity index (χ1n) is 5.38. The highest BCUT2D eigenvalue weighted by molar-refractivity contribution is 9.10. The van der Waals surface area contributed by atoms with Crippen molar-refractivity contribution in [1.29, 1.82) is 0 Å². The molecule has 0 atom stereocenters. The molecule has 0 aliphatic rings. The maximum Gasteiger partial charge on any atom is 0.303 e. The minimum absolute atomic E-state index is 0.163. The average Bonchev–Trinajstić information content (AvgIpc) is 2.14. The highest BCUT2D eigenvalue weighted by atomic mass is 79.9. The fourth-order valence-electron chi connectivity index (χ4n) is 1.84. The van der Waals surface area contributed by atoms with Crippen molar-refractivity contribution in [3.63, 3.8) is 0 Å². The van der Waals surface area contributed by atoms with E-state index in [2.05, 4.69) is 15.9 Å². The van der Waals surface area contributed by atoms with E-state index in [1.807, 2.05) is 32.0 Å². The van der Waals surface area contributed by atoms with Gasteiger partial charge in [-0.15, -0.1) is 0 Å². The Labute approximate surface area is 110 Å². The summed E-state index contributed by atoms with van der Waals surface area (Å²) in [6.07, 6.45) is 0.887. The molecular formula is C13H17BrO3. The molecule has 94 valence electrons. The fraction of sp³-hybridized carbons (Fsp3) is 0.462. The standard InChI is InChI=1S/C13H17BrO3/c1-13(2,8-12(15)16)7-9-4-5-11(17-3)10(14)6-9/h4-6H,7-8H2,1-3H3,(H,15,16). The van der Waals surface area contributed by atoms with Crippen LogP contribution < -0.4 is 4.74 Å². The fourth-order valence-corrected chi connectivity index (χ4v) is 2.43. The van der Waals surface area contributed by atoms with Crippen molar-refractivity contribution >= 4 is 21.9 Å². The Balaban J connectivity index is 2.81. The Hall–Kier alpha value is -1.03. The van der Waals surface area contributed by atoms with Gasteiger partial charge in [-0.25, -0.2) is 0 Å². The number of ether oxygens (including phenoxy) is 1. The molecule has 0 amide bonds. The van der Waals surface area contributed by atoms with Crippen LogP contribution in [0.4, 0.5) is 0 Å². The summed E-state index contributed by atoms with van der Waals surface area (Å²) >= 11 is 3.42. The molecule has 0 aromatic heterocycles. The highest BCUT2D eigenvalue weighted by Crippen LogP contribution is 2.30. The van der Waals surface area contributed by atoms with Crippen LogP contribution in [0.25, 0.3) is 0 Å². The number of halogens is 1. The molecular weight excluding hydrogens is 284 g/mol. The average molecular weight is 301 g/mol. The van der Waals surface area contributed by atoms with Crippen molar-refractivity contribution < 1.29 is 14.6 Å². The second-order valence-electron chi connectivity index (χ2n) is 4.88. The van der Waals surface area contributed by atoms with Crippen molar-refractivity contribution in [2.24, 2.45) is 5.41 Å². The van der Waals surface area contributed by atoms with Gasteiger partial charge in [0.15, 0.2) is 0 Å². The Morgan fingerprint density at radius 3 is 2.59 bits per heavy atom. The molecule has 0 aliphatic carbocycles. The zero-order valence-electron chi connectivity index (χ0n) is 10.3. The summed E-state index contributed by atoms with van der Waals surface area (Å²) in [6.45, 7) is 3.92. The number of methoxy groups -OCH3 is 1. The third-order valence-corrected chi connectivity index (χ3v) is 3.15. The third-order valence-electron chi connectivity index (χ3n) is 2.53. The first-order chi connectivity index (χ1) is 7.84. The number of carbonyl (C=O) groups is 1. The van der Waals surface area contributed by atoms with Gasteiger partial charge in [-0.05, 0) is 45.5 Å². The van der Waals surface area contributed by atoms with Crippen LogP contribution in [0, 0.1) is 5.41 Å². The molecule has 0 unspecified atom stereocenters. The van der Waals surface area contributed by atoms with Crippen molar-refractivity contribution in [3.05, 3.63) is 28.2 Å². The van der Waals surface area contributed by atoms with Gasteiger partial charge in [-0.2, -0.15) is 0 Å². The SMILES string of the molecule is COc1ccc(CC(C)(C)CC(=O)O)cc1Br. The van der Waals surface area contributed by atoms with E-state index in [9.17, 15) is 4.79 Å². The zero-order valence-corrected chi connectivity index (χ0v) is 11.9. The molecule has 0 aliphatic heterocycles. The molecule has 0 bridgehead atoms. The molecule has 4 heteroatoms. The van der Waals surface area contributed by atoms with Gasteiger partial charge in [0.1, 0.15) is 5.75 Å². The molecule has 0 saturated heterocycles. The normalized spacial score (nSPS) is 11.3. The van der Waals surface area contributed by atoms with Gasteiger partial charge in [0.05, 0.1) is 18.0 Å². The first kappa shape index (κ1) is 14.0. The summed E-state index contributed by atoms with van der Waals surface area (Å²) in [5.74, 6) is 0.0207. The van der Waals surface area contributed by atoms with E-state index in [-0.39, 0.29) is 11.8 Å². The van der Waals surface area contributed by atoms with Gasteiger partial charge in [0.25, 0.3) is 0 Å². The summed E-state index contributed by atoms with van der Waals surface area (Å²) < 4.78 is 6.05. The molecule has 0 radical (unpaired) electrons. The van der Waals surface area contributed by atoms with Gasteiger partial charge in [0, 0.05) is 0 Å². The number of benzene rings is 1. The summed E-state index contributed by atoms with van der Waals surface area (Å²) in [4.78, 5) is 10.7. The Morgan fingerprint density at radius 1 is 1.47 bits per heavy atom. The lowest BCUT2D eigenvalue weighted by Gasteiger charge is -2.22. The largest absolute Gasteiger partial charge is 0.496 e. The molecule has 0 heterocycles. The number of carboxylic acid groups (broad SMARTS) is 1. The van der Waals surface area contributed by atoms with Crippen LogP contribution in [0.2, 0.25) is 0 Å². The molecule has 0 fully saturated rings. The lowest BCUT2D eigenvalue weighted by molar-refractivity contribution is -0.139. The molecule has 1 aromatic carbocycles. The molecule has 0 saturated carbocycles. The van der Waals surface area contributed by atoms with E-state index >= 15 is 0 Å². The van der Waals surface area contributed by atoms with Crippen LogP contribution in [-0.2, 0) is 11.2 Å². The van der Waals surface area contributed by atoms with Gasteiger partial charge in [-0.3, -0.25) is 4.79 Å². The molecule has 1 aromatic rings. The topological polar surface area (TPSA) is 46.5 Å². The molecule has 17 heavy (non-hydrogen) atoms. The van der Waals surface area contributed by atoms with E-state index in [0.717, 1.165) is 22.2 Å². The molecule has 0 spiro atoms. The minimum atomic E-state index is -0.762. The number of aliphatic carboxylic acids is 1. The van der Waals surface area contributed by atoms with Crippen molar-refractivity contribution in [2.75, 3.05) is 7.11 Å². The quantitative estimate of drug-likeness (QED) is 0.905. The Morgan fingerprint density at radius 2 is 2.12 bits per heavy atom. The maximum absolute atomic E-state index is 10.7. The minimum Gasteiger partial charge on any atom is -0.496 e. The summed E-state index contributed by atoms with van der Waals surface area (Å²) in [7, 11) is 1.62. The smallest absolute Gasteiger partial charge is 0.303 e. The number of hydrogen-bond donors (Lipinski definition) is 1. The summed E-state index contributed by atoms with van der Waals surface area (Å²) in [5.41, 5.74) is 0.851. The second kappa shape index (κ2) is 5.54. The van der Waals surface area contributed by atoms with Gasteiger partial charge < -0.3 is 9.84 Å². The van der Waals surface area contributed by atoms with Crippen molar-refractivity contribution in [1.82, 2.24) is 0 Å². The van der Waals surface area contributed by atoms with Crippen LogP contribution in [0.15, 0.2) is 22.7 Å². The van der Waals surface area contributed by atoms with Crippen LogP contribution in [0.3, 0.4) is 0 Å². The second-order valence-corrected chi connectivity index (χ2v) is 5.73. The third kappa shape index (κ3) is 4.38. The number of carboxylic acids is 1. The highest BCUT2D eigenvalue weighted by Gasteiger charge is 2.22. The number of rotatable bonds is 5. The van der Waals surface area contributed by atoms with Gasteiger partial charge >= 0.3 is 5.97 Å². The maximum atomic E-state index is 10.7. The van der Waals surface area contributed by atoms with Crippen LogP contribution in [0.1, 0.15) is 25.8 Å². The molecule has 3 nitrogen and oxygen atoms in total. The van der Waals surface area contributed by atoms with E-state index in [1.165, 1.54) is 0 Å². The van der Waals surface area contributed by atoms with Crippen molar-refractivity contribution in [3.8, 4) is 5.75 Å². The van der Waals surface area contributed by atoms with E-state index in [1.54, 1.807) is 7.11 Å². The van der Waals surface area contributed by atoms with Crippen molar-refractivity contribution in [2.45, 2.75) is 26.7 Å². The summed E-state index contributed by atoms with van der Waals surface area (Å²) in [5, 5.41) is 8.83. The molecule has 1 rings (SSSR count). The molecule has 1 N–H and O–H groups in total. The van der Waals surface area contributed by atoms with Crippen LogP contribution >= 0.6 is 15.9 Å². The Kier molecular flexibility index (Phi) is 4.57. The lowest BCUT2D eigenvalue weighted by atomic mass is 9.83. The van der Waals surface area contributed by atoms with Gasteiger partial charge in [0.2, 0.25) is 0 Å². The predicted octanol–water partition coefficient (Wildman–Crippen LogP) is 3.50. The zero-order chi connectivity index (χ0) is 13.1. The predicted molar refractivity (Wildman–Crippen MR) is 70.4 cm³/mol. The Bertz CT molecular complexity index is 413. The summed E-state index contributed by atoms with van der Waals surface area (Å²) in [6, 6.07) is 5.83.